The SMILES string of the molecule is CCCc1cc(NC(=O)c2cccc(Br)c2Cl)n[nH]1. The Kier molecular flexibility index (Phi) is 4.61. The second kappa shape index (κ2) is 6.21. The van der Waals surface area contributed by atoms with Crippen LogP contribution in [0.15, 0.2) is 28.7 Å². The number of nitrogens with one attached hydrogen (secondary N) is 2. The zero-order valence-electron chi connectivity index (χ0n) is 10.3. The lowest BCUT2D eigenvalue weighted by atomic mass is 10.2. The summed E-state index contributed by atoms with van der Waals surface area (Å²) in [5.41, 5.74) is 1.41. The number of aryl methyl sites for hydroxylation is 1. The molecule has 0 radical (unpaired) electrons. The van der Waals surface area contributed by atoms with Crippen LogP contribution in [-0.4, -0.2) is 16.1 Å². The van der Waals surface area contributed by atoms with Gasteiger partial charge in [0.15, 0.2) is 5.82 Å². The van der Waals surface area contributed by atoms with E-state index in [9.17, 15) is 4.79 Å². The Bertz CT molecular complexity index is 597. The topological polar surface area (TPSA) is 57.8 Å². The minimum Gasteiger partial charge on any atom is -0.305 e. The van der Waals surface area contributed by atoms with Crippen LogP contribution in [-0.2, 0) is 6.42 Å². The zero-order valence-corrected chi connectivity index (χ0v) is 12.7. The van der Waals surface area contributed by atoms with E-state index in [4.69, 9.17) is 11.6 Å². The number of rotatable bonds is 4. The van der Waals surface area contributed by atoms with E-state index in [-0.39, 0.29) is 5.91 Å². The van der Waals surface area contributed by atoms with Crippen molar-refractivity contribution in [2.45, 2.75) is 19.8 Å². The van der Waals surface area contributed by atoms with Crippen molar-refractivity contribution < 1.29 is 4.79 Å². The molecule has 0 spiro atoms. The average molecular weight is 343 g/mol. The van der Waals surface area contributed by atoms with Crippen LogP contribution < -0.4 is 5.32 Å². The molecule has 0 aliphatic rings. The molecule has 0 saturated heterocycles. The van der Waals surface area contributed by atoms with Gasteiger partial charge in [0.25, 0.3) is 5.91 Å². The van der Waals surface area contributed by atoms with Crippen LogP contribution in [0.4, 0.5) is 5.82 Å². The van der Waals surface area contributed by atoms with E-state index in [1.807, 2.05) is 6.07 Å². The number of anilines is 1. The maximum absolute atomic E-state index is 12.1. The predicted molar refractivity (Wildman–Crippen MR) is 79.7 cm³/mol. The van der Waals surface area contributed by atoms with Crippen LogP contribution in [0.1, 0.15) is 29.4 Å². The van der Waals surface area contributed by atoms with Crippen molar-refractivity contribution in [3.63, 3.8) is 0 Å². The Labute approximate surface area is 124 Å². The third-order valence-corrected chi connectivity index (χ3v) is 3.88. The monoisotopic (exact) mass is 341 g/mol. The highest BCUT2D eigenvalue weighted by Crippen LogP contribution is 2.26. The van der Waals surface area contributed by atoms with Gasteiger partial charge in [-0.1, -0.05) is 31.0 Å². The lowest BCUT2D eigenvalue weighted by molar-refractivity contribution is 0.102. The van der Waals surface area contributed by atoms with Gasteiger partial charge < -0.3 is 5.32 Å². The number of hydrogen-bond acceptors (Lipinski definition) is 2. The minimum absolute atomic E-state index is 0.277. The fourth-order valence-corrected chi connectivity index (χ4v) is 2.26. The molecule has 1 amide bonds. The highest BCUT2D eigenvalue weighted by atomic mass is 79.9. The number of benzene rings is 1. The normalized spacial score (nSPS) is 10.5. The van der Waals surface area contributed by atoms with Gasteiger partial charge in [-0.25, -0.2) is 0 Å². The third kappa shape index (κ3) is 3.36. The Morgan fingerprint density at radius 1 is 1.53 bits per heavy atom. The molecular weight excluding hydrogens is 330 g/mol. The lowest BCUT2D eigenvalue weighted by Crippen LogP contribution is -2.12. The fraction of sp³-hybridized carbons (Fsp3) is 0.231. The molecule has 0 bridgehead atoms. The van der Waals surface area contributed by atoms with Crippen LogP contribution in [0.25, 0.3) is 0 Å². The molecule has 0 aliphatic heterocycles. The number of carbonyl (C=O) groups excluding carboxylic acids is 1. The largest absolute Gasteiger partial charge is 0.305 e. The Morgan fingerprint density at radius 2 is 2.32 bits per heavy atom. The molecular formula is C13H13BrClN3O. The fourth-order valence-electron chi connectivity index (χ4n) is 1.69. The number of hydrogen-bond donors (Lipinski definition) is 2. The third-order valence-electron chi connectivity index (χ3n) is 2.59. The van der Waals surface area contributed by atoms with E-state index in [1.54, 1.807) is 18.2 Å². The number of amides is 1. The van der Waals surface area contributed by atoms with Gasteiger partial charge in [0.2, 0.25) is 0 Å². The Hall–Kier alpha value is -1.33. The van der Waals surface area contributed by atoms with E-state index < -0.39 is 0 Å². The van der Waals surface area contributed by atoms with Crippen LogP contribution in [0, 0.1) is 0 Å². The summed E-state index contributed by atoms with van der Waals surface area (Å²) in [5, 5.41) is 10.0. The first-order valence-electron chi connectivity index (χ1n) is 5.91. The highest BCUT2D eigenvalue weighted by Gasteiger charge is 2.13. The predicted octanol–water partition coefficient (Wildman–Crippen LogP) is 4.03. The van der Waals surface area contributed by atoms with Crippen molar-refractivity contribution in [2.24, 2.45) is 0 Å². The summed E-state index contributed by atoms with van der Waals surface area (Å²) < 4.78 is 0.690. The summed E-state index contributed by atoms with van der Waals surface area (Å²) in [6.45, 7) is 2.08. The summed E-state index contributed by atoms with van der Waals surface area (Å²) in [6.07, 6.45) is 1.92. The van der Waals surface area contributed by atoms with Gasteiger partial charge in [-0.05, 0) is 34.5 Å². The Balaban J connectivity index is 2.14. The van der Waals surface area contributed by atoms with E-state index in [2.05, 4.69) is 38.4 Å². The van der Waals surface area contributed by atoms with Crippen molar-refractivity contribution in [2.75, 3.05) is 5.32 Å². The van der Waals surface area contributed by atoms with Crippen LogP contribution >= 0.6 is 27.5 Å². The van der Waals surface area contributed by atoms with Gasteiger partial charge >= 0.3 is 0 Å². The first-order valence-corrected chi connectivity index (χ1v) is 7.08. The van der Waals surface area contributed by atoms with Gasteiger partial charge in [0, 0.05) is 16.2 Å². The standard InChI is InChI=1S/C13H13BrClN3O/c1-2-4-8-7-11(18-17-8)16-13(19)9-5-3-6-10(14)12(9)15/h3,5-7H,2,4H2,1H3,(H2,16,17,18,19). The number of aromatic nitrogens is 2. The highest BCUT2D eigenvalue weighted by molar-refractivity contribution is 9.10. The molecule has 0 unspecified atom stereocenters. The van der Waals surface area contributed by atoms with Crippen molar-refractivity contribution >= 4 is 39.3 Å². The van der Waals surface area contributed by atoms with Gasteiger partial charge in [0.1, 0.15) is 0 Å². The molecule has 0 atom stereocenters. The number of nitrogens with zero attached hydrogens (tertiary/aromatic N) is 1. The first kappa shape index (κ1) is 14.1. The summed E-state index contributed by atoms with van der Waals surface area (Å²) in [7, 11) is 0. The zero-order chi connectivity index (χ0) is 13.8. The number of aromatic amines is 1. The van der Waals surface area contributed by atoms with Crippen molar-refractivity contribution in [1.29, 1.82) is 0 Å². The van der Waals surface area contributed by atoms with Crippen LogP contribution in [0.2, 0.25) is 5.02 Å². The van der Waals surface area contributed by atoms with E-state index in [0.717, 1.165) is 18.5 Å². The molecule has 0 saturated carbocycles. The molecule has 100 valence electrons. The maximum Gasteiger partial charge on any atom is 0.258 e. The van der Waals surface area contributed by atoms with E-state index in [1.165, 1.54) is 0 Å². The second-order valence-corrected chi connectivity index (χ2v) is 5.32. The quantitative estimate of drug-likeness (QED) is 0.881. The number of H-pyrrole nitrogens is 1. The van der Waals surface area contributed by atoms with Crippen molar-refractivity contribution in [1.82, 2.24) is 10.2 Å². The number of carbonyl (C=O) groups is 1. The van der Waals surface area contributed by atoms with Crippen molar-refractivity contribution in [3.05, 3.63) is 45.0 Å². The molecule has 0 aliphatic carbocycles. The molecule has 1 aromatic heterocycles. The van der Waals surface area contributed by atoms with Gasteiger partial charge in [-0.15, -0.1) is 0 Å². The summed E-state index contributed by atoms with van der Waals surface area (Å²) >= 11 is 9.36. The summed E-state index contributed by atoms with van der Waals surface area (Å²) in [5.74, 6) is 0.227. The average Bonchev–Trinajstić information content (AvgIpc) is 2.80. The maximum atomic E-state index is 12.1. The van der Waals surface area contributed by atoms with Gasteiger partial charge in [-0.2, -0.15) is 5.10 Å². The van der Waals surface area contributed by atoms with Crippen LogP contribution in [0.3, 0.4) is 0 Å². The molecule has 4 nitrogen and oxygen atoms in total. The molecule has 1 heterocycles. The lowest BCUT2D eigenvalue weighted by Gasteiger charge is -2.05. The first-order chi connectivity index (χ1) is 9.11. The molecule has 1 aromatic carbocycles. The second-order valence-electron chi connectivity index (χ2n) is 4.08. The van der Waals surface area contributed by atoms with E-state index >= 15 is 0 Å². The molecule has 6 heteroatoms. The molecule has 2 N–H and O–H groups in total. The molecule has 0 fully saturated rings. The summed E-state index contributed by atoms with van der Waals surface area (Å²) in [6, 6.07) is 7.04. The van der Waals surface area contributed by atoms with Crippen LogP contribution in [0.5, 0.6) is 0 Å². The smallest absolute Gasteiger partial charge is 0.258 e. The molecule has 2 rings (SSSR count). The summed E-state index contributed by atoms with van der Waals surface area (Å²) in [4.78, 5) is 12.1. The number of halogens is 2. The minimum atomic E-state index is -0.277. The molecule has 19 heavy (non-hydrogen) atoms. The molecule has 2 aromatic rings. The van der Waals surface area contributed by atoms with E-state index in [0.29, 0.717) is 20.9 Å². The van der Waals surface area contributed by atoms with Crippen molar-refractivity contribution in [3.8, 4) is 0 Å². The van der Waals surface area contributed by atoms with Gasteiger partial charge in [-0.3, -0.25) is 9.89 Å². The Morgan fingerprint density at radius 3 is 3.05 bits per heavy atom. The van der Waals surface area contributed by atoms with Gasteiger partial charge in [0.05, 0.1) is 10.6 Å².